The van der Waals surface area contributed by atoms with Crippen LogP contribution in [0.5, 0.6) is 11.5 Å². The Morgan fingerprint density at radius 1 is 0.789 bits per heavy atom. The molecule has 1 aliphatic rings. The summed E-state index contributed by atoms with van der Waals surface area (Å²) >= 11 is 0. The maximum atomic E-state index is 13.8. The second-order valence-corrected chi connectivity index (χ2v) is 8.74. The first-order valence-electron chi connectivity index (χ1n) is 12.1. The van der Waals surface area contributed by atoms with Gasteiger partial charge in [0.1, 0.15) is 17.4 Å². The number of carbonyl (C=O) groups is 1. The lowest BCUT2D eigenvalue weighted by atomic mass is 10.1. The van der Waals surface area contributed by atoms with E-state index in [2.05, 4.69) is 4.98 Å². The Kier molecular flexibility index (Phi) is 5.94. The molecule has 6 rings (SSSR count). The van der Waals surface area contributed by atoms with Crippen LogP contribution < -0.4 is 14.4 Å². The minimum atomic E-state index is -0.222. The number of hydrogen-bond acceptors (Lipinski definition) is 5. The average Bonchev–Trinajstić information content (AvgIpc) is 3.55. The first-order chi connectivity index (χ1) is 18.6. The van der Waals surface area contributed by atoms with Crippen molar-refractivity contribution in [3.63, 3.8) is 0 Å². The number of H-pyrrole nitrogens is 1. The van der Waals surface area contributed by atoms with E-state index in [4.69, 9.17) is 19.5 Å². The van der Waals surface area contributed by atoms with Crippen molar-refractivity contribution in [1.82, 2.24) is 9.97 Å². The number of nitrogens with zero attached hydrogens (tertiary/aromatic N) is 3. The van der Waals surface area contributed by atoms with Crippen molar-refractivity contribution in [2.75, 3.05) is 19.1 Å². The summed E-state index contributed by atoms with van der Waals surface area (Å²) in [5.74, 6) is 2.27. The molecule has 0 saturated carbocycles. The standard InChI is InChI=1S/C31H24N4O3/c1-37-27-16-15-20(18-28(27)38-2)17-26-31(36)35(30(34-26)21-9-4-3-5-10-21)23-12-8-11-22(19-23)29-32-24-13-6-7-14-25(24)33-29/h3-19H,1-2H3,(H,32,33)/b26-17-. The fraction of sp³-hybridized carbons (Fsp3) is 0.0645. The number of aromatic nitrogens is 2. The Labute approximate surface area is 219 Å². The maximum Gasteiger partial charge on any atom is 0.282 e. The number of aliphatic imine (C=N–C) groups is 1. The van der Waals surface area contributed by atoms with Crippen molar-refractivity contribution in [2.24, 2.45) is 4.99 Å². The number of anilines is 1. The summed E-state index contributed by atoms with van der Waals surface area (Å²) in [6.45, 7) is 0. The van der Waals surface area contributed by atoms with Gasteiger partial charge in [0.05, 0.1) is 30.9 Å². The Hall–Kier alpha value is -5.17. The van der Waals surface area contributed by atoms with Gasteiger partial charge in [-0.1, -0.05) is 60.7 Å². The highest BCUT2D eigenvalue weighted by Gasteiger charge is 2.32. The Morgan fingerprint density at radius 3 is 2.34 bits per heavy atom. The maximum absolute atomic E-state index is 13.8. The third kappa shape index (κ3) is 4.20. The van der Waals surface area contributed by atoms with Crippen LogP contribution in [-0.2, 0) is 4.79 Å². The second-order valence-electron chi connectivity index (χ2n) is 8.74. The third-order valence-corrected chi connectivity index (χ3v) is 6.37. The van der Waals surface area contributed by atoms with Crippen LogP contribution in [0.4, 0.5) is 5.69 Å². The molecule has 7 nitrogen and oxygen atoms in total. The normalized spacial score (nSPS) is 14.3. The second kappa shape index (κ2) is 9.71. The molecule has 1 amide bonds. The summed E-state index contributed by atoms with van der Waals surface area (Å²) in [5, 5.41) is 0. The van der Waals surface area contributed by atoms with Crippen LogP contribution in [0.3, 0.4) is 0 Å². The number of carbonyl (C=O) groups excluding carboxylic acids is 1. The van der Waals surface area contributed by atoms with Crippen LogP contribution in [0.15, 0.2) is 108 Å². The molecule has 0 radical (unpaired) electrons. The molecular weight excluding hydrogens is 476 g/mol. The van der Waals surface area contributed by atoms with Crippen molar-refractivity contribution >= 4 is 34.5 Å². The molecule has 0 saturated heterocycles. The molecule has 0 atom stereocenters. The van der Waals surface area contributed by atoms with E-state index < -0.39 is 0 Å². The number of benzene rings is 4. The van der Waals surface area contributed by atoms with Gasteiger partial charge in [-0.3, -0.25) is 9.69 Å². The fourth-order valence-electron chi connectivity index (χ4n) is 4.52. The first kappa shape index (κ1) is 23.2. The van der Waals surface area contributed by atoms with Crippen LogP contribution in [0.1, 0.15) is 11.1 Å². The van der Waals surface area contributed by atoms with Gasteiger partial charge in [-0.05, 0) is 48.0 Å². The summed E-state index contributed by atoms with van der Waals surface area (Å²) in [6.07, 6.45) is 1.76. The van der Waals surface area contributed by atoms with Gasteiger partial charge in [-0.2, -0.15) is 0 Å². The zero-order valence-corrected chi connectivity index (χ0v) is 20.9. The van der Waals surface area contributed by atoms with Crippen LogP contribution in [-0.4, -0.2) is 35.9 Å². The van der Waals surface area contributed by atoms with Gasteiger partial charge in [-0.15, -0.1) is 0 Å². The summed E-state index contributed by atoms with van der Waals surface area (Å²) in [7, 11) is 3.17. The summed E-state index contributed by atoms with van der Waals surface area (Å²) in [4.78, 5) is 28.3. The molecule has 0 bridgehead atoms. The Morgan fingerprint density at radius 2 is 1.55 bits per heavy atom. The average molecular weight is 501 g/mol. The number of fused-ring (bicyclic) bond motifs is 1. The number of amides is 1. The molecule has 1 aliphatic heterocycles. The number of amidine groups is 1. The largest absolute Gasteiger partial charge is 0.493 e. The number of imidazole rings is 1. The molecule has 0 aliphatic carbocycles. The number of rotatable bonds is 6. The highest BCUT2D eigenvalue weighted by Crippen LogP contribution is 2.33. The molecule has 0 unspecified atom stereocenters. The van der Waals surface area contributed by atoms with E-state index in [-0.39, 0.29) is 5.91 Å². The van der Waals surface area contributed by atoms with E-state index in [1.807, 2.05) is 91.0 Å². The highest BCUT2D eigenvalue weighted by molar-refractivity contribution is 6.33. The van der Waals surface area contributed by atoms with E-state index in [9.17, 15) is 4.79 Å². The molecule has 186 valence electrons. The Balaban J connectivity index is 1.43. The third-order valence-electron chi connectivity index (χ3n) is 6.37. The summed E-state index contributed by atoms with van der Waals surface area (Å²) in [6, 6.07) is 30.8. The summed E-state index contributed by atoms with van der Waals surface area (Å²) < 4.78 is 10.8. The number of para-hydroxylation sites is 2. The molecular formula is C31H24N4O3. The van der Waals surface area contributed by atoms with E-state index in [0.717, 1.165) is 33.5 Å². The molecule has 7 heteroatoms. The van der Waals surface area contributed by atoms with Crippen LogP contribution in [0.25, 0.3) is 28.5 Å². The summed E-state index contributed by atoms with van der Waals surface area (Å²) in [5.41, 5.74) is 5.35. The minimum Gasteiger partial charge on any atom is -0.493 e. The molecule has 2 heterocycles. The van der Waals surface area contributed by atoms with Crippen LogP contribution in [0, 0.1) is 0 Å². The van der Waals surface area contributed by atoms with Gasteiger partial charge in [0.15, 0.2) is 11.5 Å². The number of nitrogens with one attached hydrogen (secondary N) is 1. The van der Waals surface area contributed by atoms with E-state index in [1.54, 1.807) is 31.3 Å². The molecule has 0 fully saturated rings. The minimum absolute atomic E-state index is 0.222. The van der Waals surface area contributed by atoms with Gasteiger partial charge in [-0.25, -0.2) is 9.98 Å². The predicted molar refractivity (Wildman–Crippen MR) is 150 cm³/mol. The number of aromatic amines is 1. The number of ether oxygens (including phenoxy) is 2. The van der Waals surface area contributed by atoms with Crippen molar-refractivity contribution in [2.45, 2.75) is 0 Å². The van der Waals surface area contributed by atoms with Gasteiger partial charge in [0.25, 0.3) is 5.91 Å². The fourth-order valence-corrected chi connectivity index (χ4v) is 4.52. The van der Waals surface area contributed by atoms with Gasteiger partial charge in [0, 0.05) is 11.1 Å². The lowest BCUT2D eigenvalue weighted by Gasteiger charge is -2.19. The Bertz CT molecular complexity index is 1690. The molecule has 38 heavy (non-hydrogen) atoms. The molecule has 0 spiro atoms. The quantitative estimate of drug-likeness (QED) is 0.287. The SMILES string of the molecule is COc1ccc(/C=C2\N=C(c3ccccc3)N(c3cccc(-c4nc5ccccc5[nH]4)c3)C2=O)cc1OC. The monoisotopic (exact) mass is 500 g/mol. The topological polar surface area (TPSA) is 79.8 Å². The zero-order chi connectivity index (χ0) is 26.1. The van der Waals surface area contributed by atoms with Gasteiger partial charge >= 0.3 is 0 Å². The molecule has 5 aromatic rings. The number of methoxy groups -OCH3 is 2. The molecule has 1 N–H and O–H groups in total. The van der Waals surface area contributed by atoms with Gasteiger partial charge in [0.2, 0.25) is 0 Å². The van der Waals surface area contributed by atoms with Crippen LogP contribution >= 0.6 is 0 Å². The van der Waals surface area contributed by atoms with E-state index in [0.29, 0.717) is 28.7 Å². The highest BCUT2D eigenvalue weighted by atomic mass is 16.5. The van der Waals surface area contributed by atoms with Crippen LogP contribution in [0.2, 0.25) is 0 Å². The molecule has 4 aromatic carbocycles. The first-order valence-corrected chi connectivity index (χ1v) is 12.1. The van der Waals surface area contributed by atoms with Crippen molar-refractivity contribution < 1.29 is 14.3 Å². The molecule has 1 aromatic heterocycles. The zero-order valence-electron chi connectivity index (χ0n) is 20.9. The predicted octanol–water partition coefficient (Wildman–Crippen LogP) is 6.08. The lowest BCUT2D eigenvalue weighted by Crippen LogP contribution is -2.32. The van der Waals surface area contributed by atoms with Gasteiger partial charge < -0.3 is 14.5 Å². The smallest absolute Gasteiger partial charge is 0.282 e. The lowest BCUT2D eigenvalue weighted by molar-refractivity contribution is -0.113. The van der Waals surface area contributed by atoms with E-state index >= 15 is 0 Å². The van der Waals surface area contributed by atoms with Crippen molar-refractivity contribution in [3.8, 4) is 22.9 Å². The van der Waals surface area contributed by atoms with E-state index in [1.165, 1.54) is 0 Å². The van der Waals surface area contributed by atoms with Crippen molar-refractivity contribution in [1.29, 1.82) is 0 Å². The number of hydrogen-bond donors (Lipinski definition) is 1. The van der Waals surface area contributed by atoms with Crippen molar-refractivity contribution in [3.05, 3.63) is 114 Å².